The van der Waals surface area contributed by atoms with Crippen LogP contribution >= 0.6 is 0 Å². The van der Waals surface area contributed by atoms with Crippen LogP contribution in [0.15, 0.2) is 24.3 Å². The molecule has 5 nitrogen and oxygen atoms in total. The van der Waals surface area contributed by atoms with Crippen LogP contribution in [0.4, 0.5) is 0 Å². The molecule has 1 atom stereocenters. The summed E-state index contributed by atoms with van der Waals surface area (Å²) in [5, 5.41) is 9.30. The van der Waals surface area contributed by atoms with Crippen molar-refractivity contribution in [1.29, 1.82) is 0 Å². The zero-order chi connectivity index (χ0) is 15.3. The molecule has 0 radical (unpaired) electrons. The van der Waals surface area contributed by atoms with Gasteiger partial charge >= 0.3 is 0 Å². The Morgan fingerprint density at radius 2 is 1.95 bits per heavy atom. The van der Waals surface area contributed by atoms with Gasteiger partial charge in [0.15, 0.2) is 0 Å². The Morgan fingerprint density at radius 3 is 2.57 bits per heavy atom. The molecule has 1 saturated heterocycles. The molecule has 21 heavy (non-hydrogen) atoms. The van der Waals surface area contributed by atoms with Crippen LogP contribution in [0.1, 0.15) is 13.8 Å². The molecule has 5 heteroatoms. The lowest BCUT2D eigenvalue weighted by Crippen LogP contribution is -2.54. The van der Waals surface area contributed by atoms with E-state index >= 15 is 0 Å². The molecule has 0 saturated carbocycles. The van der Waals surface area contributed by atoms with Crippen molar-refractivity contribution in [1.82, 2.24) is 4.90 Å². The summed E-state index contributed by atoms with van der Waals surface area (Å²) >= 11 is 0. The van der Waals surface area contributed by atoms with Gasteiger partial charge in [-0.3, -0.25) is 4.90 Å². The standard InChI is InChI=1S/C16H25NO4/c1-16(2)12-17(10-15(11-18)21-16)8-9-20-14-6-4-13(19-3)5-7-14/h4-7,15,18H,8-12H2,1-3H3. The molecule has 1 unspecified atom stereocenters. The molecule has 0 amide bonds. The van der Waals surface area contributed by atoms with Gasteiger partial charge in [0.1, 0.15) is 18.1 Å². The number of morpholine rings is 1. The Kier molecular flexibility index (Phi) is 5.45. The van der Waals surface area contributed by atoms with E-state index in [0.29, 0.717) is 6.61 Å². The van der Waals surface area contributed by atoms with Crippen LogP contribution in [0.25, 0.3) is 0 Å². The predicted molar refractivity (Wildman–Crippen MR) is 81.0 cm³/mol. The van der Waals surface area contributed by atoms with Crippen molar-refractivity contribution in [3.63, 3.8) is 0 Å². The summed E-state index contributed by atoms with van der Waals surface area (Å²) in [6, 6.07) is 7.57. The molecule has 118 valence electrons. The van der Waals surface area contributed by atoms with Gasteiger partial charge in [-0.2, -0.15) is 0 Å². The van der Waals surface area contributed by atoms with E-state index in [0.717, 1.165) is 31.1 Å². The van der Waals surface area contributed by atoms with Gasteiger partial charge in [0, 0.05) is 19.6 Å². The van der Waals surface area contributed by atoms with Crippen molar-refractivity contribution in [2.45, 2.75) is 25.6 Å². The zero-order valence-electron chi connectivity index (χ0n) is 13.0. The number of benzene rings is 1. The quantitative estimate of drug-likeness (QED) is 0.863. The third-order valence-electron chi connectivity index (χ3n) is 3.49. The van der Waals surface area contributed by atoms with Gasteiger partial charge in [0.05, 0.1) is 25.4 Å². The van der Waals surface area contributed by atoms with Crippen molar-refractivity contribution in [3.05, 3.63) is 24.3 Å². The second-order valence-corrected chi connectivity index (χ2v) is 5.94. The summed E-state index contributed by atoms with van der Waals surface area (Å²) in [7, 11) is 1.65. The van der Waals surface area contributed by atoms with Crippen molar-refractivity contribution >= 4 is 0 Å². The van der Waals surface area contributed by atoms with Crippen molar-refractivity contribution in [2.75, 3.05) is 40.0 Å². The predicted octanol–water partition coefficient (Wildman–Crippen LogP) is 1.55. The van der Waals surface area contributed by atoms with E-state index in [1.165, 1.54) is 0 Å². The number of nitrogens with zero attached hydrogens (tertiary/aromatic N) is 1. The first-order valence-electron chi connectivity index (χ1n) is 7.30. The normalized spacial score (nSPS) is 22.0. The van der Waals surface area contributed by atoms with Crippen molar-refractivity contribution < 1.29 is 19.3 Å². The Morgan fingerprint density at radius 1 is 1.29 bits per heavy atom. The third-order valence-corrected chi connectivity index (χ3v) is 3.49. The fourth-order valence-corrected chi connectivity index (χ4v) is 2.65. The van der Waals surface area contributed by atoms with E-state index in [1.807, 2.05) is 38.1 Å². The minimum Gasteiger partial charge on any atom is -0.497 e. The molecule has 1 aromatic carbocycles. The first-order chi connectivity index (χ1) is 10.0. The number of methoxy groups -OCH3 is 1. The largest absolute Gasteiger partial charge is 0.497 e. The zero-order valence-corrected chi connectivity index (χ0v) is 13.0. The first kappa shape index (κ1) is 16.1. The average Bonchev–Trinajstić information content (AvgIpc) is 2.46. The maximum absolute atomic E-state index is 9.30. The van der Waals surface area contributed by atoms with E-state index in [9.17, 15) is 5.11 Å². The van der Waals surface area contributed by atoms with Gasteiger partial charge in [-0.25, -0.2) is 0 Å². The number of aliphatic hydroxyl groups is 1. The van der Waals surface area contributed by atoms with Crippen molar-refractivity contribution in [3.8, 4) is 11.5 Å². The minimum atomic E-state index is -0.230. The van der Waals surface area contributed by atoms with E-state index in [4.69, 9.17) is 14.2 Å². The highest BCUT2D eigenvalue weighted by Gasteiger charge is 2.32. The Bertz CT molecular complexity index is 432. The summed E-state index contributed by atoms with van der Waals surface area (Å²) < 4.78 is 16.7. The van der Waals surface area contributed by atoms with Gasteiger partial charge in [-0.05, 0) is 38.1 Å². The molecule has 1 heterocycles. The highest BCUT2D eigenvalue weighted by atomic mass is 16.5. The molecule has 2 rings (SSSR count). The fraction of sp³-hybridized carbons (Fsp3) is 0.625. The lowest BCUT2D eigenvalue weighted by molar-refractivity contribution is -0.149. The van der Waals surface area contributed by atoms with Gasteiger partial charge < -0.3 is 19.3 Å². The number of aliphatic hydroxyl groups excluding tert-OH is 1. The van der Waals surface area contributed by atoms with E-state index < -0.39 is 0 Å². The summed E-state index contributed by atoms with van der Waals surface area (Å²) in [5.41, 5.74) is -0.230. The van der Waals surface area contributed by atoms with Gasteiger partial charge in [-0.15, -0.1) is 0 Å². The molecule has 0 aliphatic carbocycles. The lowest BCUT2D eigenvalue weighted by atomic mass is 10.1. The Hall–Kier alpha value is -1.30. The van der Waals surface area contributed by atoms with Crippen LogP contribution < -0.4 is 9.47 Å². The topological polar surface area (TPSA) is 51.2 Å². The summed E-state index contributed by atoms with van der Waals surface area (Å²) in [6.45, 7) is 7.16. The number of ether oxygens (including phenoxy) is 3. The lowest BCUT2D eigenvalue weighted by Gasteiger charge is -2.42. The fourth-order valence-electron chi connectivity index (χ4n) is 2.65. The first-order valence-corrected chi connectivity index (χ1v) is 7.30. The number of hydrogen-bond donors (Lipinski definition) is 1. The molecule has 0 aromatic heterocycles. The van der Waals surface area contributed by atoms with E-state index in [1.54, 1.807) is 7.11 Å². The number of rotatable bonds is 6. The molecular formula is C16H25NO4. The summed E-state index contributed by atoms with van der Waals surface area (Å²) in [5.74, 6) is 1.66. The Balaban J connectivity index is 1.79. The molecule has 0 bridgehead atoms. The monoisotopic (exact) mass is 295 g/mol. The second kappa shape index (κ2) is 7.11. The highest BCUT2D eigenvalue weighted by molar-refractivity contribution is 5.31. The van der Waals surface area contributed by atoms with E-state index in [-0.39, 0.29) is 18.3 Å². The Labute approximate surface area is 126 Å². The average molecular weight is 295 g/mol. The SMILES string of the molecule is COc1ccc(OCCN2CC(CO)OC(C)(C)C2)cc1. The van der Waals surface area contributed by atoms with Crippen LogP contribution in [-0.2, 0) is 4.74 Å². The van der Waals surface area contributed by atoms with E-state index in [2.05, 4.69) is 4.90 Å². The highest BCUT2D eigenvalue weighted by Crippen LogP contribution is 2.21. The van der Waals surface area contributed by atoms with Crippen molar-refractivity contribution in [2.24, 2.45) is 0 Å². The summed E-state index contributed by atoms with van der Waals surface area (Å²) in [6.07, 6.45) is -0.116. The molecule has 1 aliphatic heterocycles. The molecule has 1 N–H and O–H groups in total. The maximum Gasteiger partial charge on any atom is 0.119 e. The van der Waals surface area contributed by atoms with Gasteiger partial charge in [-0.1, -0.05) is 0 Å². The second-order valence-electron chi connectivity index (χ2n) is 5.94. The van der Waals surface area contributed by atoms with Crippen LogP contribution in [0.5, 0.6) is 11.5 Å². The molecule has 1 aromatic rings. The molecular weight excluding hydrogens is 270 g/mol. The maximum atomic E-state index is 9.30. The van der Waals surface area contributed by atoms with Crippen LogP contribution in [0.3, 0.4) is 0 Å². The van der Waals surface area contributed by atoms with Gasteiger partial charge in [0.2, 0.25) is 0 Å². The minimum absolute atomic E-state index is 0.0548. The van der Waals surface area contributed by atoms with Crippen LogP contribution in [-0.4, -0.2) is 61.7 Å². The summed E-state index contributed by atoms with van der Waals surface area (Å²) in [4.78, 5) is 2.27. The molecule has 0 spiro atoms. The molecule has 1 fully saturated rings. The van der Waals surface area contributed by atoms with Crippen LogP contribution in [0.2, 0.25) is 0 Å². The van der Waals surface area contributed by atoms with Crippen LogP contribution in [0, 0.1) is 0 Å². The third kappa shape index (κ3) is 4.88. The number of hydrogen-bond acceptors (Lipinski definition) is 5. The smallest absolute Gasteiger partial charge is 0.119 e. The molecule has 1 aliphatic rings. The van der Waals surface area contributed by atoms with Gasteiger partial charge in [0.25, 0.3) is 0 Å².